The van der Waals surface area contributed by atoms with E-state index in [1.807, 2.05) is 20.8 Å². The molecule has 1 fully saturated rings. The predicted octanol–water partition coefficient (Wildman–Crippen LogP) is 7.03. The van der Waals surface area contributed by atoms with Gasteiger partial charge in [-0.1, -0.05) is 30.4 Å². The van der Waals surface area contributed by atoms with Crippen molar-refractivity contribution in [3.8, 4) is 11.8 Å². The molecular formula is C28H40NO5PS. The molecule has 0 aliphatic heterocycles. The highest BCUT2D eigenvalue weighted by Crippen LogP contribution is 2.44. The molecule has 0 bridgehead atoms. The summed E-state index contributed by atoms with van der Waals surface area (Å²) in [6.45, 7) is 13.5. The third-order valence-corrected chi connectivity index (χ3v) is 8.58. The minimum absolute atomic E-state index is 0.0112. The van der Waals surface area contributed by atoms with Crippen molar-refractivity contribution < 1.29 is 23.8 Å². The van der Waals surface area contributed by atoms with Gasteiger partial charge in [0.15, 0.2) is 7.37 Å². The van der Waals surface area contributed by atoms with E-state index in [9.17, 15) is 19.3 Å². The molecule has 0 aromatic carbocycles. The van der Waals surface area contributed by atoms with Gasteiger partial charge in [0.2, 0.25) is 5.91 Å². The summed E-state index contributed by atoms with van der Waals surface area (Å²) < 4.78 is 18.0. The average Bonchev–Trinajstić information content (AvgIpc) is 3.16. The number of hydrogen-bond acceptors (Lipinski definition) is 5. The van der Waals surface area contributed by atoms with E-state index in [4.69, 9.17) is 4.52 Å². The number of carboxylic acid groups (broad SMARTS) is 1. The first-order valence-corrected chi connectivity index (χ1v) is 16.1. The lowest BCUT2D eigenvalue weighted by Gasteiger charge is -2.40. The Labute approximate surface area is 219 Å². The molecule has 2 atom stereocenters. The van der Waals surface area contributed by atoms with Crippen molar-refractivity contribution >= 4 is 36.3 Å². The van der Waals surface area contributed by atoms with Gasteiger partial charge in [0, 0.05) is 30.7 Å². The molecule has 36 heavy (non-hydrogen) atoms. The summed E-state index contributed by atoms with van der Waals surface area (Å²) in [5.41, 5.74) is 1.53. The van der Waals surface area contributed by atoms with E-state index in [2.05, 4.69) is 31.8 Å². The summed E-state index contributed by atoms with van der Waals surface area (Å²) in [5, 5.41) is 10.1. The number of carbonyl (C=O) groups excluding carboxylic acids is 1. The van der Waals surface area contributed by atoms with Crippen LogP contribution < -0.4 is 4.90 Å². The zero-order valence-corrected chi connectivity index (χ0v) is 24.3. The quantitative estimate of drug-likeness (QED) is 0.241. The van der Waals surface area contributed by atoms with Crippen molar-refractivity contribution in [2.75, 3.05) is 18.2 Å². The van der Waals surface area contributed by atoms with Gasteiger partial charge in [0.1, 0.15) is 4.88 Å². The van der Waals surface area contributed by atoms with Crippen LogP contribution in [-0.2, 0) is 13.9 Å². The summed E-state index contributed by atoms with van der Waals surface area (Å²) in [6, 6.07) is 1.65. The molecular weight excluding hydrogens is 493 g/mol. The lowest BCUT2D eigenvalue weighted by Crippen LogP contribution is -2.48. The van der Waals surface area contributed by atoms with Gasteiger partial charge in [-0.3, -0.25) is 9.36 Å². The van der Waals surface area contributed by atoms with Crippen LogP contribution in [0, 0.1) is 29.1 Å². The van der Waals surface area contributed by atoms with Crippen LogP contribution in [0.25, 0.3) is 0 Å². The van der Waals surface area contributed by atoms with Gasteiger partial charge < -0.3 is 14.5 Å². The Hall–Kier alpha value is -1.87. The van der Waals surface area contributed by atoms with E-state index in [0.717, 1.165) is 17.8 Å². The highest BCUT2D eigenvalue weighted by Gasteiger charge is 2.39. The molecule has 1 heterocycles. The maximum Gasteiger partial charge on any atom is 0.348 e. The van der Waals surface area contributed by atoms with E-state index in [1.54, 1.807) is 24.3 Å². The van der Waals surface area contributed by atoms with Crippen LogP contribution in [0.15, 0.2) is 17.7 Å². The molecule has 2 aliphatic rings. The first kappa shape index (κ1) is 28.7. The van der Waals surface area contributed by atoms with Crippen LogP contribution in [0.5, 0.6) is 0 Å². The van der Waals surface area contributed by atoms with Gasteiger partial charge in [-0.25, -0.2) is 4.79 Å². The standard InChI is InChI=1S/C28H40NO5PS/c1-18-8-13-23(19(2)16-18)26(30)29(20-9-11-21(12-10-20)34-35(6,7)33)24-17-22(14-15-28(3,4)5)36-25(24)27(31)32/h8,17,19-21,23H,9-13,16H2,1-7H3,(H,31,32)/t19-,20?,21?,23-/m1/s1. The van der Waals surface area contributed by atoms with Gasteiger partial charge in [0.05, 0.1) is 16.7 Å². The van der Waals surface area contributed by atoms with Crippen molar-refractivity contribution in [1.29, 1.82) is 0 Å². The Bertz CT molecular complexity index is 1120. The predicted molar refractivity (Wildman–Crippen MR) is 147 cm³/mol. The first-order valence-electron chi connectivity index (χ1n) is 12.8. The number of allylic oxidation sites excluding steroid dienone is 2. The third kappa shape index (κ3) is 7.57. The van der Waals surface area contributed by atoms with Gasteiger partial charge >= 0.3 is 5.97 Å². The number of amides is 1. The minimum Gasteiger partial charge on any atom is -0.477 e. The molecule has 1 aromatic rings. The molecule has 0 saturated heterocycles. The van der Waals surface area contributed by atoms with Crippen LogP contribution in [-0.4, -0.2) is 42.5 Å². The minimum atomic E-state index is -2.61. The van der Waals surface area contributed by atoms with Crippen molar-refractivity contribution in [2.24, 2.45) is 17.3 Å². The lowest BCUT2D eigenvalue weighted by molar-refractivity contribution is -0.124. The average molecular weight is 534 g/mol. The van der Waals surface area contributed by atoms with E-state index in [1.165, 1.54) is 5.57 Å². The summed E-state index contributed by atoms with van der Waals surface area (Å²) in [7, 11) is -2.61. The molecule has 1 amide bonds. The van der Waals surface area contributed by atoms with Gasteiger partial charge in [-0.15, -0.1) is 11.3 Å². The van der Waals surface area contributed by atoms with Gasteiger partial charge in [-0.05, 0) is 78.2 Å². The molecule has 1 aromatic heterocycles. The Morgan fingerprint density at radius 1 is 1.19 bits per heavy atom. The van der Waals surface area contributed by atoms with E-state index in [0.29, 0.717) is 42.7 Å². The summed E-state index contributed by atoms with van der Waals surface area (Å²) >= 11 is 1.13. The summed E-state index contributed by atoms with van der Waals surface area (Å²) in [6.07, 6.45) is 6.27. The highest BCUT2D eigenvalue weighted by molar-refractivity contribution is 7.57. The topological polar surface area (TPSA) is 83.9 Å². The number of rotatable bonds is 6. The molecule has 1 saturated carbocycles. The van der Waals surface area contributed by atoms with Crippen LogP contribution in [0.1, 0.15) is 87.7 Å². The first-order chi connectivity index (χ1) is 16.6. The molecule has 3 rings (SSSR count). The fraction of sp³-hybridized carbons (Fsp3) is 0.643. The van der Waals surface area contributed by atoms with Gasteiger partial charge in [-0.2, -0.15) is 0 Å². The van der Waals surface area contributed by atoms with E-state index >= 15 is 0 Å². The fourth-order valence-corrected chi connectivity index (χ4v) is 6.87. The smallest absolute Gasteiger partial charge is 0.348 e. The van der Waals surface area contributed by atoms with Crippen molar-refractivity contribution in [3.05, 3.63) is 27.5 Å². The third-order valence-electron chi connectivity index (χ3n) is 6.74. The zero-order valence-electron chi connectivity index (χ0n) is 22.6. The number of carbonyl (C=O) groups is 2. The largest absolute Gasteiger partial charge is 0.477 e. The van der Waals surface area contributed by atoms with Crippen molar-refractivity contribution in [2.45, 2.75) is 85.3 Å². The maximum atomic E-state index is 14.1. The second-order valence-electron chi connectivity index (χ2n) is 11.7. The zero-order chi connectivity index (χ0) is 26.8. The van der Waals surface area contributed by atoms with Crippen molar-refractivity contribution in [1.82, 2.24) is 0 Å². The van der Waals surface area contributed by atoms with E-state index < -0.39 is 13.3 Å². The molecule has 1 N–H and O–H groups in total. The second-order valence-corrected chi connectivity index (χ2v) is 15.5. The van der Waals surface area contributed by atoms with Crippen LogP contribution in [0.4, 0.5) is 5.69 Å². The van der Waals surface area contributed by atoms with Gasteiger partial charge in [0.25, 0.3) is 0 Å². The van der Waals surface area contributed by atoms with Crippen LogP contribution in [0.3, 0.4) is 0 Å². The SMILES string of the molecule is CC1=CC[C@@H](C(=O)N(c2cc(C#CC(C)(C)C)sc2C(=O)O)C2CCC(OP(C)(C)=O)CC2)[C@H](C)C1. The number of aromatic carboxylic acids is 1. The Morgan fingerprint density at radius 3 is 2.36 bits per heavy atom. The molecule has 0 spiro atoms. The number of thiophene rings is 1. The number of nitrogens with zero attached hydrogens (tertiary/aromatic N) is 1. The second kappa shape index (κ2) is 11.3. The fourth-order valence-electron chi connectivity index (χ4n) is 5.10. The Kier molecular flexibility index (Phi) is 8.97. The van der Waals surface area contributed by atoms with Crippen molar-refractivity contribution in [3.63, 3.8) is 0 Å². The molecule has 198 valence electrons. The van der Waals surface area contributed by atoms with Crippen LogP contribution >= 0.6 is 18.7 Å². The number of carboxylic acids is 1. The Morgan fingerprint density at radius 2 is 1.83 bits per heavy atom. The number of hydrogen-bond donors (Lipinski definition) is 1. The number of anilines is 1. The molecule has 8 heteroatoms. The molecule has 0 unspecified atom stereocenters. The maximum absolute atomic E-state index is 14.1. The normalized spacial score (nSPS) is 24.9. The van der Waals surface area contributed by atoms with E-state index in [-0.39, 0.29) is 40.2 Å². The molecule has 2 aliphatic carbocycles. The Balaban J connectivity index is 2.00. The lowest BCUT2D eigenvalue weighted by atomic mass is 9.79. The summed E-state index contributed by atoms with van der Waals surface area (Å²) in [4.78, 5) is 29.0. The molecule has 0 radical (unpaired) electrons. The highest BCUT2D eigenvalue weighted by atomic mass is 32.1. The van der Waals surface area contributed by atoms with Crippen LogP contribution in [0.2, 0.25) is 0 Å². The molecule has 6 nitrogen and oxygen atoms in total. The monoisotopic (exact) mass is 533 g/mol. The summed E-state index contributed by atoms with van der Waals surface area (Å²) in [5.74, 6) is 5.25.